The Bertz CT molecular complexity index is 1190. The minimum atomic E-state index is -0.146. The maximum Gasteiger partial charge on any atom is 0.251 e. The number of amides is 1. The molecule has 1 aliphatic rings. The van der Waals surface area contributed by atoms with Crippen LogP contribution in [-0.4, -0.2) is 71.9 Å². The number of carbonyl (C=O) groups is 1. The van der Waals surface area contributed by atoms with E-state index in [1.54, 1.807) is 18.3 Å². The van der Waals surface area contributed by atoms with Crippen molar-refractivity contribution in [2.75, 3.05) is 62.0 Å². The van der Waals surface area contributed by atoms with Crippen LogP contribution in [0.3, 0.4) is 0 Å². The van der Waals surface area contributed by atoms with Gasteiger partial charge < -0.3 is 36.5 Å². The van der Waals surface area contributed by atoms with E-state index in [-0.39, 0.29) is 5.91 Å². The zero-order chi connectivity index (χ0) is 29.2. The normalized spacial score (nSPS) is 13.5. The molecule has 42 heavy (non-hydrogen) atoms. The van der Waals surface area contributed by atoms with Crippen molar-refractivity contribution < 1.29 is 14.3 Å². The molecule has 4 rings (SSSR count). The molecular weight excluding hydrogens is 534 g/mol. The summed E-state index contributed by atoms with van der Waals surface area (Å²) in [5.74, 6) is 1.98. The number of benzene rings is 1. The number of pyridine rings is 1. The van der Waals surface area contributed by atoms with Crippen molar-refractivity contribution in [1.82, 2.24) is 25.3 Å². The fraction of sp³-hybridized carbons (Fsp3) is 0.500. The molecular formula is C30H43N9O3. The van der Waals surface area contributed by atoms with Gasteiger partial charge in [-0.05, 0) is 48.6 Å². The Hall–Kier alpha value is -3.87. The first-order chi connectivity index (χ1) is 20.7. The van der Waals surface area contributed by atoms with Crippen LogP contribution in [0.1, 0.15) is 53.7 Å². The van der Waals surface area contributed by atoms with Crippen LogP contribution in [0.4, 0.5) is 17.8 Å². The van der Waals surface area contributed by atoms with E-state index >= 15 is 0 Å². The van der Waals surface area contributed by atoms with E-state index in [0.717, 1.165) is 17.8 Å². The van der Waals surface area contributed by atoms with E-state index in [9.17, 15) is 4.79 Å². The molecule has 0 aliphatic heterocycles. The highest BCUT2D eigenvalue weighted by atomic mass is 16.5. The minimum absolute atomic E-state index is 0.146. The van der Waals surface area contributed by atoms with E-state index in [4.69, 9.17) is 15.2 Å². The number of rotatable bonds is 18. The van der Waals surface area contributed by atoms with E-state index < -0.39 is 0 Å². The number of carbonyl (C=O) groups excluding carboxylic acids is 1. The predicted molar refractivity (Wildman–Crippen MR) is 163 cm³/mol. The molecule has 12 heteroatoms. The lowest BCUT2D eigenvalue weighted by Crippen LogP contribution is -2.27. The van der Waals surface area contributed by atoms with Crippen molar-refractivity contribution in [3.05, 3.63) is 65.5 Å². The van der Waals surface area contributed by atoms with Gasteiger partial charge in [-0.1, -0.05) is 37.5 Å². The summed E-state index contributed by atoms with van der Waals surface area (Å²) in [5.41, 5.74) is 7.84. The van der Waals surface area contributed by atoms with Gasteiger partial charge in [0, 0.05) is 37.9 Å². The van der Waals surface area contributed by atoms with Gasteiger partial charge in [-0.15, -0.1) is 0 Å². The first-order valence-electron chi connectivity index (χ1n) is 14.8. The van der Waals surface area contributed by atoms with Crippen LogP contribution < -0.4 is 27.0 Å². The van der Waals surface area contributed by atoms with Crippen LogP contribution in [0.15, 0.2) is 48.7 Å². The molecule has 2 heterocycles. The molecule has 6 N–H and O–H groups in total. The summed E-state index contributed by atoms with van der Waals surface area (Å²) >= 11 is 0. The van der Waals surface area contributed by atoms with Gasteiger partial charge in [0.1, 0.15) is 0 Å². The maximum atomic E-state index is 12.5. The second-order valence-electron chi connectivity index (χ2n) is 10.2. The second-order valence-corrected chi connectivity index (χ2v) is 10.2. The molecule has 0 spiro atoms. The van der Waals surface area contributed by atoms with Crippen molar-refractivity contribution in [2.45, 2.75) is 45.2 Å². The van der Waals surface area contributed by atoms with Crippen molar-refractivity contribution in [3.63, 3.8) is 0 Å². The summed E-state index contributed by atoms with van der Waals surface area (Å²) in [6.07, 6.45) is 8.13. The number of hydrogen-bond donors (Lipinski definition) is 5. The lowest BCUT2D eigenvalue weighted by molar-refractivity contribution is 0.0511. The molecule has 2 aromatic heterocycles. The molecule has 0 unspecified atom stereocenters. The van der Waals surface area contributed by atoms with Gasteiger partial charge in [0.25, 0.3) is 5.91 Å². The Morgan fingerprint density at radius 1 is 0.810 bits per heavy atom. The third-order valence-corrected chi connectivity index (χ3v) is 6.90. The highest BCUT2D eigenvalue weighted by Gasteiger charge is 2.15. The van der Waals surface area contributed by atoms with Crippen LogP contribution in [0.5, 0.6) is 0 Å². The molecule has 0 radical (unpaired) electrons. The van der Waals surface area contributed by atoms with Gasteiger partial charge in [0.15, 0.2) is 0 Å². The number of nitrogens with two attached hydrogens (primary N) is 1. The van der Waals surface area contributed by atoms with Crippen LogP contribution >= 0.6 is 0 Å². The molecule has 12 nitrogen and oxygen atoms in total. The molecule has 0 saturated heterocycles. The fourth-order valence-electron chi connectivity index (χ4n) is 4.61. The predicted octanol–water partition coefficient (Wildman–Crippen LogP) is 3.20. The summed E-state index contributed by atoms with van der Waals surface area (Å²) in [6, 6.07) is 13.2. The minimum Gasteiger partial charge on any atom is -0.378 e. The number of hydrogen-bond acceptors (Lipinski definition) is 11. The number of ether oxygens (including phenoxy) is 2. The first kappa shape index (κ1) is 31.1. The summed E-state index contributed by atoms with van der Waals surface area (Å²) in [7, 11) is 0. The van der Waals surface area contributed by atoms with Crippen molar-refractivity contribution in [3.8, 4) is 0 Å². The van der Waals surface area contributed by atoms with Gasteiger partial charge in [-0.3, -0.25) is 9.78 Å². The van der Waals surface area contributed by atoms with E-state index in [2.05, 4.69) is 41.2 Å². The highest BCUT2D eigenvalue weighted by Crippen LogP contribution is 2.24. The van der Waals surface area contributed by atoms with Crippen molar-refractivity contribution >= 4 is 23.8 Å². The third-order valence-electron chi connectivity index (χ3n) is 6.90. The zero-order valence-corrected chi connectivity index (χ0v) is 24.2. The highest BCUT2D eigenvalue weighted by molar-refractivity contribution is 5.94. The van der Waals surface area contributed by atoms with E-state index in [1.165, 1.54) is 32.1 Å². The average Bonchev–Trinajstić information content (AvgIpc) is 3.04. The first-order valence-corrected chi connectivity index (χ1v) is 14.8. The molecule has 1 aliphatic carbocycles. The smallest absolute Gasteiger partial charge is 0.251 e. The largest absolute Gasteiger partial charge is 0.378 e. The maximum absolute atomic E-state index is 12.5. The van der Waals surface area contributed by atoms with Crippen LogP contribution in [0, 0.1) is 5.92 Å². The molecule has 226 valence electrons. The Balaban J connectivity index is 1.28. The lowest BCUT2D eigenvalue weighted by Gasteiger charge is -2.21. The standard InChI is InChI=1S/C30H43N9O3/c31-13-16-41-18-19-42-17-15-33-27(40)25-11-9-24(10-12-25)21-35-29-37-28(34-20-23-6-2-1-3-7-23)38-30(39-29)36-22-26-8-4-5-14-32-26/h4-5,8-12,14,23H,1-3,6-7,13,15-22,31H2,(H,33,40)(H3,34,35,36,37,38,39). The van der Waals surface area contributed by atoms with Crippen LogP contribution in [0.25, 0.3) is 0 Å². The summed E-state index contributed by atoms with van der Waals surface area (Å²) in [6.45, 7) is 4.66. The van der Waals surface area contributed by atoms with E-state index in [1.807, 2.05) is 30.3 Å². The van der Waals surface area contributed by atoms with Gasteiger partial charge in [0.2, 0.25) is 17.8 Å². The Morgan fingerprint density at radius 2 is 1.50 bits per heavy atom. The van der Waals surface area contributed by atoms with Crippen molar-refractivity contribution in [2.24, 2.45) is 11.7 Å². The van der Waals surface area contributed by atoms with Gasteiger partial charge >= 0.3 is 0 Å². The van der Waals surface area contributed by atoms with Crippen LogP contribution in [0.2, 0.25) is 0 Å². The summed E-state index contributed by atoms with van der Waals surface area (Å²) in [5, 5.41) is 12.9. The van der Waals surface area contributed by atoms with Gasteiger partial charge in [-0.2, -0.15) is 15.0 Å². The monoisotopic (exact) mass is 577 g/mol. The zero-order valence-electron chi connectivity index (χ0n) is 24.2. The molecule has 1 fully saturated rings. The van der Waals surface area contributed by atoms with Gasteiger partial charge in [0.05, 0.1) is 38.7 Å². The van der Waals surface area contributed by atoms with Gasteiger partial charge in [-0.25, -0.2) is 0 Å². The molecule has 1 aromatic carbocycles. The number of aromatic nitrogens is 4. The van der Waals surface area contributed by atoms with Crippen molar-refractivity contribution in [1.29, 1.82) is 0 Å². The number of nitrogens with zero attached hydrogens (tertiary/aromatic N) is 4. The topological polar surface area (TPSA) is 161 Å². The molecule has 1 saturated carbocycles. The quantitative estimate of drug-likeness (QED) is 0.141. The molecule has 3 aromatic rings. The Labute approximate surface area is 247 Å². The Morgan fingerprint density at radius 3 is 2.19 bits per heavy atom. The van der Waals surface area contributed by atoms with E-state index in [0.29, 0.717) is 81.9 Å². The number of anilines is 3. The summed E-state index contributed by atoms with van der Waals surface area (Å²) < 4.78 is 10.7. The molecule has 0 bridgehead atoms. The number of nitrogens with one attached hydrogen (secondary N) is 4. The summed E-state index contributed by atoms with van der Waals surface area (Å²) in [4.78, 5) is 30.6. The average molecular weight is 578 g/mol. The molecule has 0 atom stereocenters. The third kappa shape index (κ3) is 11.2. The Kier molecular flexibility index (Phi) is 13.2. The fourth-order valence-corrected chi connectivity index (χ4v) is 4.61. The van der Waals surface area contributed by atoms with Crippen LogP contribution in [-0.2, 0) is 22.6 Å². The lowest BCUT2D eigenvalue weighted by atomic mass is 9.89. The SMILES string of the molecule is NCCOCCOCCNC(=O)c1ccc(CNc2nc(NCc3ccccn3)nc(NCC3CCCCC3)n2)cc1. The molecule has 1 amide bonds. The second kappa shape index (κ2) is 17.8.